The van der Waals surface area contributed by atoms with Gasteiger partial charge < -0.3 is 9.15 Å². The third kappa shape index (κ3) is 9.58. The molecule has 4 nitrogen and oxygen atoms in total. The van der Waals surface area contributed by atoms with Gasteiger partial charge in [-0.05, 0) is 62.1 Å². The minimum absolute atomic E-state index is 0.231. The maximum absolute atomic E-state index is 12.1. The second-order valence-electron chi connectivity index (χ2n) is 8.54. The number of ether oxygens (including phenoxy) is 1. The fraction of sp³-hybridized carbons (Fsp3) is 0.556. The molecule has 0 fully saturated rings. The Morgan fingerprint density at radius 2 is 1.76 bits per heavy atom. The Labute approximate surface area is 207 Å². The number of carbonyl (C=O) groups is 1. The van der Waals surface area contributed by atoms with Crippen molar-refractivity contribution in [2.45, 2.75) is 89.4 Å². The van der Waals surface area contributed by atoms with Gasteiger partial charge in [-0.15, -0.1) is 11.8 Å². The topological polar surface area (TPSA) is 56.5 Å². The first-order chi connectivity index (χ1) is 15.9. The van der Waals surface area contributed by atoms with Crippen LogP contribution in [0.1, 0.15) is 83.6 Å². The first-order valence-electron chi connectivity index (χ1n) is 12.1. The summed E-state index contributed by atoms with van der Waals surface area (Å²) in [5.41, 5.74) is 1.56. The lowest BCUT2D eigenvalue weighted by Crippen LogP contribution is -2.05. The minimum Gasteiger partial charge on any atom is -0.462 e. The van der Waals surface area contributed by atoms with Crippen molar-refractivity contribution in [1.29, 1.82) is 0 Å². The number of hydrogen-bond acceptors (Lipinski definition) is 5. The summed E-state index contributed by atoms with van der Waals surface area (Å²) < 4.78 is 10.5. The average Bonchev–Trinajstić information content (AvgIpc) is 2.80. The van der Waals surface area contributed by atoms with Crippen molar-refractivity contribution in [2.75, 3.05) is 12.4 Å². The molecule has 0 radical (unpaired) electrons. The molecule has 2 rings (SSSR count). The van der Waals surface area contributed by atoms with E-state index in [1.165, 1.54) is 37.0 Å². The van der Waals surface area contributed by atoms with Crippen LogP contribution in [0.4, 0.5) is 0 Å². The lowest BCUT2D eigenvalue weighted by molar-refractivity contribution is -0.139. The molecule has 1 aromatic carbocycles. The van der Waals surface area contributed by atoms with Gasteiger partial charge >= 0.3 is 11.6 Å². The largest absolute Gasteiger partial charge is 0.462 e. The van der Waals surface area contributed by atoms with Crippen molar-refractivity contribution in [3.05, 3.63) is 51.4 Å². The van der Waals surface area contributed by atoms with Crippen molar-refractivity contribution in [3.63, 3.8) is 0 Å². The molecule has 0 aliphatic heterocycles. The predicted molar refractivity (Wildman–Crippen MR) is 140 cm³/mol. The summed E-state index contributed by atoms with van der Waals surface area (Å²) >= 11 is 8.15. The van der Waals surface area contributed by atoms with Crippen LogP contribution in [0.2, 0.25) is 5.02 Å². The lowest BCUT2D eigenvalue weighted by atomic mass is 10.0. The van der Waals surface area contributed by atoms with E-state index in [2.05, 4.69) is 19.6 Å². The average molecular weight is 493 g/mol. The summed E-state index contributed by atoms with van der Waals surface area (Å²) in [6.45, 7) is 7.90. The Morgan fingerprint density at radius 1 is 1.06 bits per heavy atom. The van der Waals surface area contributed by atoms with E-state index in [9.17, 15) is 9.59 Å². The second-order valence-corrected chi connectivity index (χ2v) is 10.1. The summed E-state index contributed by atoms with van der Waals surface area (Å²) in [5.74, 6) is 0.775. The van der Waals surface area contributed by atoms with Crippen LogP contribution in [0.5, 0.6) is 0 Å². The van der Waals surface area contributed by atoms with E-state index >= 15 is 0 Å². The van der Waals surface area contributed by atoms with Crippen LogP contribution in [-0.2, 0) is 16.0 Å². The molecule has 0 amide bonds. The molecule has 6 heteroatoms. The van der Waals surface area contributed by atoms with Crippen LogP contribution < -0.4 is 5.63 Å². The highest BCUT2D eigenvalue weighted by Gasteiger charge is 2.13. The monoisotopic (exact) mass is 492 g/mol. The van der Waals surface area contributed by atoms with E-state index in [1.54, 1.807) is 6.92 Å². The standard InChI is InChI=1S/C27H37ClO4S/c1-4-5-11-14-22-23-19-21(15-16-24(23)32-27(30)25(22)28)33-18-13-10-8-6-7-9-12-17-31-26(29)20(2)3/h15-16,19H,2,4-14,17-18H2,1,3H3. The van der Waals surface area contributed by atoms with Gasteiger partial charge in [0.1, 0.15) is 10.6 Å². The van der Waals surface area contributed by atoms with Crippen molar-refractivity contribution < 1.29 is 13.9 Å². The quantitative estimate of drug-likeness (QED) is 0.0778. The van der Waals surface area contributed by atoms with E-state index in [-0.39, 0.29) is 11.0 Å². The van der Waals surface area contributed by atoms with Gasteiger partial charge in [0.15, 0.2) is 0 Å². The third-order valence-electron chi connectivity index (χ3n) is 5.59. The highest BCUT2D eigenvalue weighted by atomic mass is 35.5. The molecular formula is C27H37ClO4S. The molecule has 2 aromatic rings. The van der Waals surface area contributed by atoms with Crippen LogP contribution in [0.25, 0.3) is 11.0 Å². The zero-order valence-corrected chi connectivity index (χ0v) is 21.6. The van der Waals surface area contributed by atoms with Crippen LogP contribution in [0.15, 0.2) is 44.5 Å². The number of halogens is 1. The normalized spacial score (nSPS) is 11.1. The number of unbranched alkanes of at least 4 members (excludes halogenated alkanes) is 8. The van der Waals surface area contributed by atoms with Crippen molar-refractivity contribution in [2.24, 2.45) is 0 Å². The summed E-state index contributed by atoms with van der Waals surface area (Å²) in [6, 6.07) is 6.05. The Morgan fingerprint density at radius 3 is 2.45 bits per heavy atom. The first-order valence-corrected chi connectivity index (χ1v) is 13.5. The molecule has 1 heterocycles. The fourth-order valence-electron chi connectivity index (χ4n) is 3.67. The van der Waals surface area contributed by atoms with Gasteiger partial charge in [0, 0.05) is 15.9 Å². The molecule has 0 N–H and O–H groups in total. The Kier molecular flexibility index (Phi) is 12.7. The molecule has 0 unspecified atom stereocenters. The Hall–Kier alpha value is -1.72. The zero-order valence-electron chi connectivity index (χ0n) is 20.1. The van der Waals surface area contributed by atoms with Crippen LogP contribution in [-0.4, -0.2) is 18.3 Å². The van der Waals surface area contributed by atoms with Crippen molar-refractivity contribution in [3.8, 4) is 0 Å². The maximum atomic E-state index is 12.1. The van der Waals surface area contributed by atoms with Gasteiger partial charge in [-0.2, -0.15) is 0 Å². The fourth-order valence-corrected chi connectivity index (χ4v) is 4.86. The van der Waals surface area contributed by atoms with Gasteiger partial charge in [0.25, 0.3) is 0 Å². The van der Waals surface area contributed by atoms with E-state index in [1.807, 2.05) is 23.9 Å². The number of esters is 1. The SMILES string of the molecule is C=C(C)C(=O)OCCCCCCCCCSc1ccc2oc(=O)c(Cl)c(CCCCC)c2c1. The van der Waals surface area contributed by atoms with Crippen LogP contribution >= 0.6 is 23.4 Å². The number of rotatable bonds is 16. The smallest absolute Gasteiger partial charge is 0.355 e. The molecule has 0 aliphatic carbocycles. The molecule has 0 spiro atoms. The van der Waals surface area contributed by atoms with Crippen molar-refractivity contribution in [1.82, 2.24) is 0 Å². The van der Waals surface area contributed by atoms with E-state index < -0.39 is 5.63 Å². The number of carbonyl (C=O) groups excluding carboxylic acids is 1. The van der Waals surface area contributed by atoms with E-state index in [0.29, 0.717) is 17.8 Å². The number of aryl methyl sites for hydroxylation is 1. The first kappa shape index (κ1) is 27.5. The van der Waals surface area contributed by atoms with E-state index in [0.717, 1.165) is 55.2 Å². The highest BCUT2D eigenvalue weighted by Crippen LogP contribution is 2.30. The number of fused-ring (bicyclic) bond motifs is 1. The Balaban J connectivity index is 1.70. The number of benzene rings is 1. The third-order valence-corrected chi connectivity index (χ3v) is 7.05. The zero-order chi connectivity index (χ0) is 24.1. The van der Waals surface area contributed by atoms with Gasteiger partial charge in [-0.1, -0.05) is 70.0 Å². The second kappa shape index (κ2) is 15.2. The lowest BCUT2D eigenvalue weighted by Gasteiger charge is -2.09. The van der Waals surface area contributed by atoms with Gasteiger partial charge in [0.05, 0.1) is 6.61 Å². The molecule has 33 heavy (non-hydrogen) atoms. The summed E-state index contributed by atoms with van der Waals surface area (Å²) in [5, 5.41) is 1.20. The van der Waals surface area contributed by atoms with Gasteiger partial charge in [-0.3, -0.25) is 0 Å². The number of thioether (sulfide) groups is 1. The summed E-state index contributed by atoms with van der Waals surface area (Å²) in [6.07, 6.45) is 12.1. The molecular weight excluding hydrogens is 456 g/mol. The molecule has 182 valence electrons. The highest BCUT2D eigenvalue weighted by molar-refractivity contribution is 7.99. The van der Waals surface area contributed by atoms with Crippen LogP contribution in [0.3, 0.4) is 0 Å². The van der Waals surface area contributed by atoms with Gasteiger partial charge in [0.2, 0.25) is 0 Å². The Bertz CT molecular complexity index is 966. The van der Waals surface area contributed by atoms with Crippen molar-refractivity contribution >= 4 is 40.3 Å². The molecule has 0 saturated carbocycles. The predicted octanol–water partition coefficient (Wildman–Crippen LogP) is 8.12. The molecule has 1 aromatic heterocycles. The molecule has 0 saturated heterocycles. The summed E-state index contributed by atoms with van der Waals surface area (Å²) in [7, 11) is 0. The van der Waals surface area contributed by atoms with Gasteiger partial charge in [-0.25, -0.2) is 9.59 Å². The molecule has 0 atom stereocenters. The minimum atomic E-state index is -0.441. The maximum Gasteiger partial charge on any atom is 0.355 e. The van der Waals surface area contributed by atoms with E-state index in [4.69, 9.17) is 20.8 Å². The van der Waals surface area contributed by atoms with Crippen LogP contribution in [0, 0.1) is 0 Å². The molecule has 0 aliphatic rings. The summed E-state index contributed by atoms with van der Waals surface area (Å²) in [4.78, 5) is 24.6. The number of hydrogen-bond donors (Lipinski definition) is 0. The molecule has 0 bridgehead atoms.